The third kappa shape index (κ3) is 9.09. The van der Waals surface area contributed by atoms with Crippen molar-refractivity contribution in [1.29, 1.82) is 0 Å². The predicted molar refractivity (Wildman–Crippen MR) is 3.61 cm³/mol. The summed E-state index contributed by atoms with van der Waals surface area (Å²) in [6, 6.07) is 0. The summed E-state index contributed by atoms with van der Waals surface area (Å²) < 4.78 is 0. The van der Waals surface area contributed by atoms with E-state index >= 15 is 0 Å². The SMILES string of the molecule is O.[Cd].[Fe].[Ni]. The molecule has 0 aromatic rings. The number of rotatable bonds is 0. The third-order valence-electron chi connectivity index (χ3n) is 0. The van der Waals surface area contributed by atoms with Gasteiger partial charge in [-0.05, 0) is 0 Å². The van der Waals surface area contributed by atoms with Gasteiger partial charge in [0.25, 0.3) is 0 Å². The van der Waals surface area contributed by atoms with E-state index < -0.39 is 0 Å². The second-order valence-corrected chi connectivity index (χ2v) is 0. The van der Waals surface area contributed by atoms with Gasteiger partial charge in [0.2, 0.25) is 0 Å². The van der Waals surface area contributed by atoms with Crippen LogP contribution in [0.1, 0.15) is 0 Å². The zero-order valence-corrected chi connectivity index (χ0v) is 8.00. The first-order valence-electron chi connectivity index (χ1n) is 0. The molecular weight excluding hydrogens is 243 g/mol. The molecule has 0 heterocycles. The molecule has 0 aliphatic heterocycles. The molecular formula is H2CdFeNiO. The second-order valence-electron chi connectivity index (χ2n) is 0. The maximum atomic E-state index is 0. The molecule has 0 spiro atoms. The van der Waals surface area contributed by atoms with E-state index in [9.17, 15) is 0 Å². The van der Waals surface area contributed by atoms with Crippen LogP contribution in [0.15, 0.2) is 0 Å². The van der Waals surface area contributed by atoms with Crippen molar-refractivity contribution in [2.24, 2.45) is 0 Å². The molecule has 0 radical (unpaired) electrons. The zero-order chi connectivity index (χ0) is 0. The van der Waals surface area contributed by atoms with Crippen LogP contribution in [-0.4, -0.2) is 5.48 Å². The van der Waals surface area contributed by atoms with E-state index in [-0.39, 0.29) is 66.3 Å². The summed E-state index contributed by atoms with van der Waals surface area (Å²) in [4.78, 5) is 0. The Labute approximate surface area is 65.8 Å². The van der Waals surface area contributed by atoms with Gasteiger partial charge < -0.3 is 5.48 Å². The van der Waals surface area contributed by atoms with Gasteiger partial charge in [-0.15, -0.1) is 0 Å². The van der Waals surface area contributed by atoms with Crippen LogP contribution >= 0.6 is 0 Å². The molecule has 1 nitrogen and oxygen atoms in total. The Morgan fingerprint density at radius 1 is 1.00 bits per heavy atom. The van der Waals surface area contributed by atoms with Crippen molar-refractivity contribution >= 4 is 0 Å². The van der Waals surface area contributed by atoms with Crippen molar-refractivity contribution in [2.45, 2.75) is 0 Å². The standard InChI is InChI=1S/Cd.Fe.Ni.H2O/h;;;1H2. The molecule has 4 heavy (non-hydrogen) atoms. The average Bonchev–Trinajstić information content (AvgIpc) is 0. The monoisotopic (exact) mass is 246 g/mol. The Bertz CT molecular complexity index is 8.00. The fourth-order valence-electron chi connectivity index (χ4n) is 0. The van der Waals surface area contributed by atoms with Crippen LogP contribution in [0.3, 0.4) is 0 Å². The van der Waals surface area contributed by atoms with Crippen LogP contribution in [-0.2, 0) is 60.9 Å². The maximum absolute atomic E-state index is 0. The number of hydrogen-bond donors (Lipinski definition) is 0. The first-order chi connectivity index (χ1) is 0. The summed E-state index contributed by atoms with van der Waals surface area (Å²) in [5.74, 6) is 0. The molecule has 0 saturated carbocycles. The van der Waals surface area contributed by atoms with E-state index in [0.29, 0.717) is 0 Å². The van der Waals surface area contributed by atoms with Gasteiger partial charge in [0, 0.05) is 60.9 Å². The fraction of sp³-hybridized carbons (Fsp3) is 0. The summed E-state index contributed by atoms with van der Waals surface area (Å²) in [7, 11) is 0. The molecule has 0 rings (SSSR count). The topological polar surface area (TPSA) is 31.5 Å². The second kappa shape index (κ2) is 20.7. The van der Waals surface area contributed by atoms with E-state index in [1.54, 1.807) is 0 Å². The molecule has 0 aromatic heterocycles. The van der Waals surface area contributed by atoms with Gasteiger partial charge in [0.05, 0.1) is 0 Å². The van der Waals surface area contributed by atoms with Crippen LogP contribution in [0.2, 0.25) is 0 Å². The molecule has 0 unspecified atom stereocenters. The molecule has 0 aliphatic rings. The van der Waals surface area contributed by atoms with Crippen LogP contribution in [0, 0.1) is 0 Å². The van der Waals surface area contributed by atoms with Gasteiger partial charge in [-0.1, -0.05) is 0 Å². The summed E-state index contributed by atoms with van der Waals surface area (Å²) in [6.45, 7) is 0. The van der Waals surface area contributed by atoms with E-state index in [1.807, 2.05) is 0 Å². The van der Waals surface area contributed by atoms with Crippen molar-refractivity contribution in [1.82, 2.24) is 0 Å². The Morgan fingerprint density at radius 2 is 1.00 bits per heavy atom. The molecule has 0 saturated heterocycles. The van der Waals surface area contributed by atoms with Crippen molar-refractivity contribution in [3.63, 3.8) is 0 Å². The van der Waals surface area contributed by atoms with E-state index in [4.69, 9.17) is 0 Å². The van der Waals surface area contributed by atoms with Crippen molar-refractivity contribution in [3.05, 3.63) is 0 Å². The normalized spacial score (nSPS) is 0. The van der Waals surface area contributed by atoms with Crippen molar-refractivity contribution in [2.75, 3.05) is 0 Å². The molecule has 2 N–H and O–H groups in total. The Morgan fingerprint density at radius 3 is 1.00 bits per heavy atom. The van der Waals surface area contributed by atoms with Gasteiger partial charge in [-0.25, -0.2) is 0 Å². The van der Waals surface area contributed by atoms with Crippen LogP contribution < -0.4 is 0 Å². The van der Waals surface area contributed by atoms with Crippen LogP contribution in [0.4, 0.5) is 0 Å². The molecule has 0 atom stereocenters. The summed E-state index contributed by atoms with van der Waals surface area (Å²) in [5, 5.41) is 0. The molecule has 4 heteroatoms. The van der Waals surface area contributed by atoms with Crippen molar-refractivity contribution in [3.8, 4) is 0 Å². The van der Waals surface area contributed by atoms with E-state index in [0.717, 1.165) is 0 Å². The Balaban J connectivity index is 0. The largest absolute Gasteiger partial charge is 0.412 e. The van der Waals surface area contributed by atoms with E-state index in [1.165, 1.54) is 0 Å². The minimum atomic E-state index is 0. The Kier molecular flexibility index (Phi) is 203. The smallest absolute Gasteiger partial charge is 0 e. The molecule has 0 fully saturated rings. The minimum absolute atomic E-state index is 0. The van der Waals surface area contributed by atoms with Crippen LogP contribution in [0.5, 0.6) is 0 Å². The van der Waals surface area contributed by atoms with Crippen molar-refractivity contribution < 1.29 is 66.3 Å². The molecule has 0 bridgehead atoms. The van der Waals surface area contributed by atoms with Gasteiger partial charge in [0.1, 0.15) is 0 Å². The first kappa shape index (κ1) is 39.3. The van der Waals surface area contributed by atoms with Gasteiger partial charge in [-0.3, -0.25) is 0 Å². The average molecular weight is 245 g/mol. The van der Waals surface area contributed by atoms with Crippen LogP contribution in [0.25, 0.3) is 0 Å². The molecule has 0 aliphatic carbocycles. The van der Waals surface area contributed by atoms with Gasteiger partial charge >= 0.3 is 0 Å². The predicted octanol–water partition coefficient (Wildman–Crippen LogP) is -0.832. The maximum Gasteiger partial charge on any atom is 0 e. The summed E-state index contributed by atoms with van der Waals surface area (Å²) in [5.41, 5.74) is 0. The molecule has 0 aromatic carbocycles. The quantitative estimate of drug-likeness (QED) is 0.499. The third-order valence-corrected chi connectivity index (χ3v) is 0. The summed E-state index contributed by atoms with van der Waals surface area (Å²) >= 11 is 0. The number of hydrogen-bond acceptors (Lipinski definition) is 0. The summed E-state index contributed by atoms with van der Waals surface area (Å²) in [6.07, 6.45) is 0. The van der Waals surface area contributed by atoms with Gasteiger partial charge in [0.15, 0.2) is 0 Å². The molecule has 28 valence electrons. The van der Waals surface area contributed by atoms with E-state index in [2.05, 4.69) is 0 Å². The molecule has 0 amide bonds. The Hall–Kier alpha value is 1.90. The first-order valence-corrected chi connectivity index (χ1v) is 0. The van der Waals surface area contributed by atoms with Gasteiger partial charge in [-0.2, -0.15) is 0 Å². The fourth-order valence-corrected chi connectivity index (χ4v) is 0. The minimum Gasteiger partial charge on any atom is -0.412 e. The zero-order valence-electron chi connectivity index (χ0n) is 1.88.